The quantitative estimate of drug-likeness (QED) is 0.907. The van der Waals surface area contributed by atoms with E-state index in [1.54, 1.807) is 23.3 Å². The second-order valence-electron chi connectivity index (χ2n) is 6.24. The summed E-state index contributed by atoms with van der Waals surface area (Å²) in [5.41, 5.74) is 3.81. The summed E-state index contributed by atoms with van der Waals surface area (Å²) < 4.78 is 0. The van der Waals surface area contributed by atoms with E-state index in [4.69, 9.17) is 0 Å². The summed E-state index contributed by atoms with van der Waals surface area (Å²) in [5.74, 6) is 0. The molecule has 2 amide bonds. The fourth-order valence-electron chi connectivity index (χ4n) is 3.00. The van der Waals surface area contributed by atoms with E-state index >= 15 is 0 Å². The molecule has 3 rings (SSSR count). The number of fused-ring (bicyclic) bond motifs is 1. The van der Waals surface area contributed by atoms with E-state index in [1.165, 1.54) is 11.1 Å². The lowest BCUT2D eigenvalue weighted by Crippen LogP contribution is -2.42. The molecule has 0 saturated carbocycles. The molecule has 24 heavy (non-hydrogen) atoms. The number of aromatic nitrogens is 1. The second-order valence-corrected chi connectivity index (χ2v) is 7.30. The van der Waals surface area contributed by atoms with Crippen LogP contribution < -0.4 is 5.32 Å². The van der Waals surface area contributed by atoms with Crippen molar-refractivity contribution < 1.29 is 4.79 Å². The van der Waals surface area contributed by atoms with Crippen molar-refractivity contribution in [3.05, 3.63) is 51.5 Å². The van der Waals surface area contributed by atoms with Gasteiger partial charge in [-0.25, -0.2) is 9.78 Å². The number of hydrogen-bond acceptors (Lipinski definition) is 4. The SMILES string of the molecule is Cc1nc(CN(C)C(=O)NCCN2CCc3ccccc3C2)cs1. The Morgan fingerprint density at radius 2 is 2.17 bits per heavy atom. The van der Waals surface area contributed by atoms with Gasteiger partial charge in [-0.1, -0.05) is 24.3 Å². The van der Waals surface area contributed by atoms with E-state index < -0.39 is 0 Å². The molecule has 1 aliphatic heterocycles. The lowest BCUT2D eigenvalue weighted by atomic mass is 10.00. The predicted octanol–water partition coefficient (Wildman–Crippen LogP) is 2.65. The van der Waals surface area contributed by atoms with Gasteiger partial charge in [-0.05, 0) is 24.5 Å². The molecule has 1 aromatic carbocycles. The van der Waals surface area contributed by atoms with Gasteiger partial charge in [0.25, 0.3) is 0 Å². The van der Waals surface area contributed by atoms with Gasteiger partial charge in [0.2, 0.25) is 0 Å². The van der Waals surface area contributed by atoms with Crippen LogP contribution in [0.1, 0.15) is 21.8 Å². The van der Waals surface area contributed by atoms with Crippen molar-refractivity contribution in [3.63, 3.8) is 0 Å². The van der Waals surface area contributed by atoms with Crippen LogP contribution in [-0.2, 0) is 19.5 Å². The molecule has 0 atom stereocenters. The molecule has 1 aliphatic rings. The first kappa shape index (κ1) is 16.9. The molecule has 0 radical (unpaired) electrons. The van der Waals surface area contributed by atoms with Gasteiger partial charge >= 0.3 is 6.03 Å². The van der Waals surface area contributed by atoms with Crippen LogP contribution in [0.2, 0.25) is 0 Å². The lowest BCUT2D eigenvalue weighted by molar-refractivity contribution is 0.201. The smallest absolute Gasteiger partial charge is 0.317 e. The Balaban J connectivity index is 1.41. The minimum absolute atomic E-state index is 0.0435. The van der Waals surface area contributed by atoms with Gasteiger partial charge in [0.1, 0.15) is 0 Å². The van der Waals surface area contributed by atoms with Crippen molar-refractivity contribution in [2.45, 2.75) is 26.4 Å². The molecular formula is C18H24N4OS. The average molecular weight is 344 g/mol. The zero-order valence-electron chi connectivity index (χ0n) is 14.3. The summed E-state index contributed by atoms with van der Waals surface area (Å²) in [5, 5.41) is 6.04. The van der Waals surface area contributed by atoms with Crippen LogP contribution in [0.25, 0.3) is 0 Å². The van der Waals surface area contributed by atoms with Crippen LogP contribution in [0.15, 0.2) is 29.6 Å². The standard InChI is InChI=1S/C18H24N4OS/c1-14-20-17(13-24-14)12-21(2)18(23)19-8-10-22-9-7-15-5-3-4-6-16(15)11-22/h3-6,13H,7-12H2,1-2H3,(H,19,23). The number of urea groups is 1. The van der Waals surface area contributed by atoms with Crippen LogP contribution in [0.5, 0.6) is 0 Å². The monoisotopic (exact) mass is 344 g/mol. The van der Waals surface area contributed by atoms with Gasteiger partial charge in [-0.15, -0.1) is 11.3 Å². The highest BCUT2D eigenvalue weighted by Gasteiger charge is 2.16. The number of hydrogen-bond donors (Lipinski definition) is 1. The third-order valence-electron chi connectivity index (χ3n) is 4.33. The van der Waals surface area contributed by atoms with Crippen molar-refractivity contribution in [2.24, 2.45) is 0 Å². The first-order valence-electron chi connectivity index (χ1n) is 8.31. The molecule has 0 unspecified atom stereocenters. The van der Waals surface area contributed by atoms with Gasteiger partial charge in [0, 0.05) is 38.6 Å². The number of thiazole rings is 1. The number of aryl methyl sites for hydroxylation is 1. The lowest BCUT2D eigenvalue weighted by Gasteiger charge is -2.29. The highest BCUT2D eigenvalue weighted by atomic mass is 32.1. The Morgan fingerprint density at radius 3 is 2.92 bits per heavy atom. The normalized spacial score (nSPS) is 14.2. The Bertz CT molecular complexity index is 700. The zero-order valence-corrected chi connectivity index (χ0v) is 15.1. The van der Waals surface area contributed by atoms with E-state index in [0.29, 0.717) is 13.1 Å². The predicted molar refractivity (Wildman–Crippen MR) is 97.1 cm³/mol. The number of carbonyl (C=O) groups excluding carboxylic acids is 1. The minimum Gasteiger partial charge on any atom is -0.337 e. The van der Waals surface area contributed by atoms with Crippen molar-refractivity contribution in [2.75, 3.05) is 26.7 Å². The largest absolute Gasteiger partial charge is 0.337 e. The maximum atomic E-state index is 12.2. The number of benzene rings is 1. The fourth-order valence-corrected chi connectivity index (χ4v) is 3.60. The van der Waals surface area contributed by atoms with E-state index in [-0.39, 0.29) is 6.03 Å². The van der Waals surface area contributed by atoms with Gasteiger partial charge in [0.05, 0.1) is 17.2 Å². The maximum Gasteiger partial charge on any atom is 0.317 e. The number of amides is 2. The molecule has 128 valence electrons. The molecule has 1 N–H and O–H groups in total. The average Bonchev–Trinajstić information content (AvgIpc) is 2.99. The molecule has 1 aromatic heterocycles. The van der Waals surface area contributed by atoms with Gasteiger partial charge in [-0.2, -0.15) is 0 Å². The van der Waals surface area contributed by atoms with Gasteiger partial charge in [-0.3, -0.25) is 4.90 Å². The Morgan fingerprint density at radius 1 is 1.38 bits per heavy atom. The summed E-state index contributed by atoms with van der Waals surface area (Å²) in [4.78, 5) is 20.6. The summed E-state index contributed by atoms with van der Waals surface area (Å²) in [6, 6.07) is 8.57. The first-order valence-corrected chi connectivity index (χ1v) is 9.19. The Hall–Kier alpha value is -1.92. The number of carbonyl (C=O) groups is 1. The third kappa shape index (κ3) is 4.33. The molecule has 2 aromatic rings. The molecule has 0 spiro atoms. The van der Waals surface area contributed by atoms with Crippen LogP contribution >= 0.6 is 11.3 Å². The first-order chi connectivity index (χ1) is 11.6. The van der Waals surface area contributed by atoms with Crippen molar-refractivity contribution >= 4 is 17.4 Å². The molecule has 0 aliphatic carbocycles. The number of nitrogens with one attached hydrogen (secondary N) is 1. The summed E-state index contributed by atoms with van der Waals surface area (Å²) in [6.45, 7) is 6.10. The number of nitrogens with zero attached hydrogens (tertiary/aromatic N) is 3. The molecule has 0 fully saturated rings. The second kappa shape index (κ2) is 7.77. The van der Waals surface area contributed by atoms with E-state index in [2.05, 4.69) is 39.5 Å². The van der Waals surface area contributed by atoms with Gasteiger partial charge < -0.3 is 10.2 Å². The van der Waals surface area contributed by atoms with Crippen LogP contribution in [0, 0.1) is 6.92 Å². The van der Waals surface area contributed by atoms with Crippen LogP contribution in [-0.4, -0.2) is 47.5 Å². The zero-order chi connectivity index (χ0) is 16.9. The van der Waals surface area contributed by atoms with Crippen molar-refractivity contribution in [3.8, 4) is 0 Å². The summed E-state index contributed by atoms with van der Waals surface area (Å²) in [7, 11) is 1.81. The Labute approximate surface area is 147 Å². The molecule has 0 bridgehead atoms. The highest BCUT2D eigenvalue weighted by molar-refractivity contribution is 7.09. The van der Waals surface area contributed by atoms with Crippen LogP contribution in [0.4, 0.5) is 4.79 Å². The van der Waals surface area contributed by atoms with Crippen LogP contribution in [0.3, 0.4) is 0 Å². The van der Waals surface area contributed by atoms with E-state index in [9.17, 15) is 4.79 Å². The van der Waals surface area contributed by atoms with E-state index in [1.807, 2.05) is 12.3 Å². The molecular weight excluding hydrogens is 320 g/mol. The topological polar surface area (TPSA) is 48.5 Å². The molecule has 6 heteroatoms. The minimum atomic E-state index is -0.0435. The molecule has 5 nitrogen and oxygen atoms in total. The summed E-state index contributed by atoms with van der Waals surface area (Å²) >= 11 is 1.61. The molecule has 0 saturated heterocycles. The maximum absolute atomic E-state index is 12.2. The fraction of sp³-hybridized carbons (Fsp3) is 0.444. The summed E-state index contributed by atoms with van der Waals surface area (Å²) in [6.07, 6.45) is 1.09. The van der Waals surface area contributed by atoms with Crippen molar-refractivity contribution in [1.82, 2.24) is 20.1 Å². The third-order valence-corrected chi connectivity index (χ3v) is 5.15. The van der Waals surface area contributed by atoms with E-state index in [0.717, 1.165) is 36.8 Å². The van der Waals surface area contributed by atoms with Crippen molar-refractivity contribution in [1.29, 1.82) is 0 Å². The van der Waals surface area contributed by atoms with Gasteiger partial charge in [0.15, 0.2) is 0 Å². The highest BCUT2D eigenvalue weighted by Crippen LogP contribution is 2.17. The number of rotatable bonds is 5. The molecule has 2 heterocycles. The Kier molecular flexibility index (Phi) is 5.48.